The summed E-state index contributed by atoms with van der Waals surface area (Å²) in [5.41, 5.74) is 0.757. The average molecular weight is 291 g/mol. The second-order valence-electron chi connectivity index (χ2n) is 5.30. The molecule has 6 heteroatoms. The highest BCUT2D eigenvalue weighted by Crippen LogP contribution is 2.27. The van der Waals surface area contributed by atoms with Gasteiger partial charge < -0.3 is 5.32 Å². The summed E-state index contributed by atoms with van der Waals surface area (Å²) >= 11 is 0. The van der Waals surface area contributed by atoms with Crippen LogP contribution >= 0.6 is 0 Å². The van der Waals surface area contributed by atoms with Crippen LogP contribution in [0.15, 0.2) is 29.4 Å². The molecule has 1 heterocycles. The average Bonchev–Trinajstić information content (AvgIpc) is 2.90. The number of hydrogen-bond acceptors (Lipinski definition) is 5. The number of aromatic nitrogens is 2. The van der Waals surface area contributed by atoms with E-state index in [1.54, 1.807) is 18.2 Å². The zero-order valence-corrected chi connectivity index (χ0v) is 12.2. The molecule has 20 heavy (non-hydrogen) atoms. The number of nitrogens with zero attached hydrogens (tertiary/aromatic N) is 2. The van der Waals surface area contributed by atoms with E-state index < -0.39 is 9.84 Å². The van der Waals surface area contributed by atoms with Gasteiger partial charge in [0.2, 0.25) is 0 Å². The van der Waals surface area contributed by atoms with Crippen molar-refractivity contribution >= 4 is 26.6 Å². The van der Waals surface area contributed by atoms with Crippen molar-refractivity contribution in [1.82, 2.24) is 9.97 Å². The van der Waals surface area contributed by atoms with Crippen molar-refractivity contribution in [3.05, 3.63) is 24.5 Å². The van der Waals surface area contributed by atoms with E-state index in [1.807, 2.05) is 0 Å². The van der Waals surface area contributed by atoms with E-state index in [2.05, 4.69) is 15.3 Å². The Kier molecular flexibility index (Phi) is 3.33. The van der Waals surface area contributed by atoms with Crippen LogP contribution in [0.1, 0.15) is 25.7 Å². The van der Waals surface area contributed by atoms with Crippen LogP contribution in [0.4, 0.5) is 5.82 Å². The van der Waals surface area contributed by atoms with E-state index in [9.17, 15) is 8.42 Å². The molecule has 1 aromatic carbocycles. The fraction of sp³-hybridized carbons (Fsp3) is 0.429. The SMILES string of the molecule is CS(=O)(=O)c1ccc2ncnc(NC3CCCC3)c2c1. The second kappa shape index (κ2) is 5.01. The summed E-state index contributed by atoms with van der Waals surface area (Å²) in [7, 11) is -3.22. The van der Waals surface area contributed by atoms with Gasteiger partial charge in [0.25, 0.3) is 0 Å². The van der Waals surface area contributed by atoms with Crippen molar-refractivity contribution in [2.45, 2.75) is 36.6 Å². The minimum Gasteiger partial charge on any atom is -0.367 e. The van der Waals surface area contributed by atoms with Crippen molar-refractivity contribution in [3.8, 4) is 0 Å². The maximum absolute atomic E-state index is 11.7. The molecule has 2 aromatic rings. The molecule has 1 N–H and O–H groups in total. The lowest BCUT2D eigenvalue weighted by atomic mass is 10.2. The van der Waals surface area contributed by atoms with E-state index in [4.69, 9.17) is 0 Å². The highest BCUT2D eigenvalue weighted by molar-refractivity contribution is 7.90. The first-order valence-corrected chi connectivity index (χ1v) is 8.64. The molecular weight excluding hydrogens is 274 g/mol. The fourth-order valence-corrected chi connectivity index (χ4v) is 3.29. The highest BCUT2D eigenvalue weighted by Gasteiger charge is 2.17. The molecule has 0 atom stereocenters. The molecule has 0 aliphatic heterocycles. The maximum Gasteiger partial charge on any atom is 0.175 e. The number of benzene rings is 1. The van der Waals surface area contributed by atoms with Gasteiger partial charge in [-0.05, 0) is 31.0 Å². The normalized spacial score (nSPS) is 16.6. The molecule has 1 aliphatic carbocycles. The monoisotopic (exact) mass is 291 g/mol. The van der Waals surface area contributed by atoms with Crippen LogP contribution in [0.3, 0.4) is 0 Å². The lowest BCUT2D eigenvalue weighted by Gasteiger charge is -2.14. The van der Waals surface area contributed by atoms with Gasteiger partial charge in [-0.1, -0.05) is 12.8 Å². The first kappa shape index (κ1) is 13.3. The van der Waals surface area contributed by atoms with Gasteiger partial charge in [0.1, 0.15) is 12.1 Å². The molecule has 0 spiro atoms. The van der Waals surface area contributed by atoms with Gasteiger partial charge in [0.15, 0.2) is 9.84 Å². The lowest BCUT2D eigenvalue weighted by Crippen LogP contribution is -2.16. The Hall–Kier alpha value is -1.69. The van der Waals surface area contributed by atoms with Crippen molar-refractivity contribution < 1.29 is 8.42 Å². The minimum absolute atomic E-state index is 0.300. The van der Waals surface area contributed by atoms with Crippen LogP contribution in [0.2, 0.25) is 0 Å². The van der Waals surface area contributed by atoms with Gasteiger partial charge in [0.05, 0.1) is 10.4 Å². The molecule has 0 radical (unpaired) electrons. The quantitative estimate of drug-likeness (QED) is 0.940. The first-order chi connectivity index (χ1) is 9.54. The first-order valence-electron chi connectivity index (χ1n) is 6.75. The number of hydrogen-bond donors (Lipinski definition) is 1. The molecule has 1 fully saturated rings. The Balaban J connectivity index is 2.06. The summed E-state index contributed by atoms with van der Waals surface area (Å²) in [6.45, 7) is 0. The summed E-state index contributed by atoms with van der Waals surface area (Å²) in [5.74, 6) is 0.729. The molecule has 1 saturated carbocycles. The molecule has 106 valence electrons. The Morgan fingerprint density at radius 3 is 2.65 bits per heavy atom. The smallest absolute Gasteiger partial charge is 0.175 e. The second-order valence-corrected chi connectivity index (χ2v) is 7.31. The van der Waals surface area contributed by atoms with Crippen LogP contribution < -0.4 is 5.32 Å². The number of sulfone groups is 1. The molecule has 0 unspecified atom stereocenters. The fourth-order valence-electron chi connectivity index (χ4n) is 2.64. The predicted octanol–water partition coefficient (Wildman–Crippen LogP) is 2.39. The number of nitrogens with one attached hydrogen (secondary N) is 1. The molecule has 0 bridgehead atoms. The predicted molar refractivity (Wildman–Crippen MR) is 78.5 cm³/mol. The van der Waals surface area contributed by atoms with Crippen molar-refractivity contribution in [3.63, 3.8) is 0 Å². The summed E-state index contributed by atoms with van der Waals surface area (Å²) < 4.78 is 23.3. The maximum atomic E-state index is 11.7. The van der Waals surface area contributed by atoms with E-state index in [-0.39, 0.29) is 0 Å². The number of fused-ring (bicyclic) bond motifs is 1. The Labute approximate surface area is 118 Å². The molecule has 3 rings (SSSR count). The van der Waals surface area contributed by atoms with Gasteiger partial charge >= 0.3 is 0 Å². The zero-order valence-electron chi connectivity index (χ0n) is 11.3. The lowest BCUT2D eigenvalue weighted by molar-refractivity contribution is 0.602. The van der Waals surface area contributed by atoms with Crippen LogP contribution in [-0.2, 0) is 9.84 Å². The van der Waals surface area contributed by atoms with Crippen LogP contribution in [0.25, 0.3) is 10.9 Å². The Morgan fingerprint density at radius 1 is 1.20 bits per heavy atom. The molecule has 1 aromatic heterocycles. The summed E-state index contributed by atoms with van der Waals surface area (Å²) in [5, 5.41) is 4.18. The van der Waals surface area contributed by atoms with Gasteiger partial charge in [-0.25, -0.2) is 18.4 Å². The minimum atomic E-state index is -3.22. The van der Waals surface area contributed by atoms with E-state index in [0.29, 0.717) is 10.9 Å². The van der Waals surface area contributed by atoms with Crippen molar-refractivity contribution in [2.24, 2.45) is 0 Å². The standard InChI is InChI=1S/C14H17N3O2S/c1-20(18,19)11-6-7-13-12(8-11)14(16-9-15-13)17-10-4-2-3-5-10/h6-10H,2-5H2,1H3,(H,15,16,17). The van der Waals surface area contributed by atoms with Gasteiger partial charge in [-0.15, -0.1) is 0 Å². The summed E-state index contributed by atoms with van der Waals surface area (Å²) in [6, 6.07) is 5.40. The summed E-state index contributed by atoms with van der Waals surface area (Å²) in [6.07, 6.45) is 7.46. The van der Waals surface area contributed by atoms with Crippen LogP contribution in [-0.4, -0.2) is 30.7 Å². The van der Waals surface area contributed by atoms with Gasteiger partial charge in [-0.2, -0.15) is 0 Å². The molecule has 0 amide bonds. The van der Waals surface area contributed by atoms with Gasteiger partial charge in [0, 0.05) is 17.7 Å². The third kappa shape index (κ3) is 2.60. The molecule has 5 nitrogen and oxygen atoms in total. The Morgan fingerprint density at radius 2 is 1.95 bits per heavy atom. The zero-order chi connectivity index (χ0) is 14.2. The molecule has 1 aliphatic rings. The van der Waals surface area contributed by atoms with Gasteiger partial charge in [-0.3, -0.25) is 0 Å². The van der Waals surface area contributed by atoms with Crippen LogP contribution in [0, 0.1) is 0 Å². The highest BCUT2D eigenvalue weighted by atomic mass is 32.2. The van der Waals surface area contributed by atoms with E-state index >= 15 is 0 Å². The van der Waals surface area contributed by atoms with E-state index in [1.165, 1.54) is 25.4 Å². The van der Waals surface area contributed by atoms with Crippen LogP contribution in [0.5, 0.6) is 0 Å². The van der Waals surface area contributed by atoms with Crippen molar-refractivity contribution in [1.29, 1.82) is 0 Å². The molecule has 0 saturated heterocycles. The van der Waals surface area contributed by atoms with Crippen molar-refractivity contribution in [2.75, 3.05) is 11.6 Å². The Bertz CT molecular complexity index is 737. The molecular formula is C14H17N3O2S. The number of rotatable bonds is 3. The third-order valence-corrected chi connectivity index (χ3v) is 4.84. The number of anilines is 1. The largest absolute Gasteiger partial charge is 0.367 e. The third-order valence-electron chi connectivity index (χ3n) is 3.73. The van der Waals surface area contributed by atoms with E-state index in [0.717, 1.165) is 29.6 Å². The topological polar surface area (TPSA) is 72.0 Å². The summed E-state index contributed by atoms with van der Waals surface area (Å²) in [4.78, 5) is 8.77.